The third-order valence-electron chi connectivity index (χ3n) is 2.32. The molecule has 0 saturated carbocycles. The van der Waals surface area contributed by atoms with Crippen molar-refractivity contribution in [3.05, 3.63) is 39.7 Å². The van der Waals surface area contributed by atoms with E-state index in [9.17, 15) is 8.42 Å². The van der Waals surface area contributed by atoms with Crippen LogP contribution in [0.25, 0.3) is 0 Å². The van der Waals surface area contributed by atoms with Crippen molar-refractivity contribution in [3.63, 3.8) is 0 Å². The Hall–Kier alpha value is -1.05. The van der Waals surface area contributed by atoms with Crippen molar-refractivity contribution in [2.75, 3.05) is 10.5 Å². The summed E-state index contributed by atoms with van der Waals surface area (Å²) >= 11 is 4.40. The van der Waals surface area contributed by atoms with Gasteiger partial charge in [-0.05, 0) is 52.7 Å². The van der Waals surface area contributed by atoms with Crippen molar-refractivity contribution in [2.24, 2.45) is 0 Å². The maximum absolute atomic E-state index is 12.1. The van der Waals surface area contributed by atoms with Crippen LogP contribution in [0.1, 0.15) is 5.56 Å². The van der Waals surface area contributed by atoms with Gasteiger partial charge < -0.3 is 5.73 Å². The summed E-state index contributed by atoms with van der Waals surface area (Å²) in [7, 11) is -3.55. The van der Waals surface area contributed by atoms with E-state index in [0.29, 0.717) is 11.4 Å². The van der Waals surface area contributed by atoms with Gasteiger partial charge in [0.2, 0.25) is 0 Å². The molecule has 7 heteroatoms. The Labute approximate surface area is 118 Å². The second-order valence-corrected chi connectivity index (χ2v) is 8.11. The number of nitrogen functional groups attached to an aromatic ring is 1. The number of halogens is 1. The highest BCUT2D eigenvalue weighted by molar-refractivity contribution is 9.11. The SMILES string of the molecule is Cc1ccc(N)cc1NS(=O)(=O)c1ccc(Br)s1. The number of benzene rings is 1. The molecule has 3 N–H and O–H groups in total. The Morgan fingerprint density at radius 1 is 1.28 bits per heavy atom. The second-order valence-electron chi connectivity index (χ2n) is 3.74. The number of sulfonamides is 1. The Morgan fingerprint density at radius 2 is 2.00 bits per heavy atom. The standard InChI is InChI=1S/C11H11BrN2O2S2/c1-7-2-3-8(13)6-9(7)14-18(15,16)11-5-4-10(12)17-11/h2-6,14H,13H2,1H3. The van der Waals surface area contributed by atoms with Crippen LogP contribution >= 0.6 is 27.3 Å². The highest BCUT2D eigenvalue weighted by Gasteiger charge is 2.17. The number of nitrogens with one attached hydrogen (secondary N) is 1. The van der Waals surface area contributed by atoms with Gasteiger partial charge in [-0.25, -0.2) is 8.42 Å². The molecular formula is C11H11BrN2O2S2. The van der Waals surface area contributed by atoms with Gasteiger partial charge in [0.25, 0.3) is 10.0 Å². The smallest absolute Gasteiger partial charge is 0.271 e. The van der Waals surface area contributed by atoms with Crippen LogP contribution in [0.5, 0.6) is 0 Å². The zero-order valence-electron chi connectivity index (χ0n) is 9.48. The zero-order chi connectivity index (χ0) is 13.3. The molecule has 0 spiro atoms. The summed E-state index contributed by atoms with van der Waals surface area (Å²) in [5.74, 6) is 0. The summed E-state index contributed by atoms with van der Waals surface area (Å²) < 4.78 is 27.8. The summed E-state index contributed by atoms with van der Waals surface area (Å²) in [5.41, 5.74) is 7.49. The molecule has 2 aromatic rings. The van der Waals surface area contributed by atoms with Gasteiger partial charge in [0.1, 0.15) is 4.21 Å². The fourth-order valence-corrected chi connectivity index (χ4v) is 4.52. The molecule has 1 heterocycles. The van der Waals surface area contributed by atoms with E-state index < -0.39 is 10.0 Å². The number of aryl methyl sites for hydroxylation is 1. The van der Waals surface area contributed by atoms with Crippen molar-refractivity contribution in [3.8, 4) is 0 Å². The number of rotatable bonds is 3. The highest BCUT2D eigenvalue weighted by atomic mass is 79.9. The summed E-state index contributed by atoms with van der Waals surface area (Å²) in [6, 6.07) is 8.37. The average molecular weight is 347 g/mol. The maximum Gasteiger partial charge on any atom is 0.271 e. The van der Waals surface area contributed by atoms with Crippen LogP contribution in [0.3, 0.4) is 0 Å². The molecule has 1 aromatic heterocycles. The zero-order valence-corrected chi connectivity index (χ0v) is 12.7. The molecule has 0 amide bonds. The van der Waals surface area contributed by atoms with Crippen molar-refractivity contribution < 1.29 is 8.42 Å². The van der Waals surface area contributed by atoms with E-state index in [-0.39, 0.29) is 4.21 Å². The van der Waals surface area contributed by atoms with Crippen LogP contribution in [0.2, 0.25) is 0 Å². The van der Waals surface area contributed by atoms with Crippen molar-refractivity contribution >= 4 is 48.7 Å². The highest BCUT2D eigenvalue weighted by Crippen LogP contribution is 2.28. The molecule has 2 rings (SSSR count). The van der Waals surface area contributed by atoms with Gasteiger partial charge in [-0.3, -0.25) is 4.72 Å². The minimum Gasteiger partial charge on any atom is -0.399 e. The minimum absolute atomic E-state index is 0.260. The molecule has 0 unspecified atom stereocenters. The number of nitrogens with two attached hydrogens (primary N) is 1. The molecule has 1 aromatic carbocycles. The van der Waals surface area contributed by atoms with Gasteiger partial charge >= 0.3 is 0 Å². The molecule has 0 aliphatic rings. The number of hydrogen-bond donors (Lipinski definition) is 2. The van der Waals surface area contributed by atoms with Gasteiger partial charge in [0.05, 0.1) is 9.47 Å². The molecule has 0 atom stereocenters. The first kappa shape index (κ1) is 13.4. The Kier molecular flexibility index (Phi) is 3.65. The molecule has 0 saturated heterocycles. The quantitative estimate of drug-likeness (QED) is 0.838. The van der Waals surface area contributed by atoms with Crippen LogP contribution in [-0.4, -0.2) is 8.42 Å². The van der Waals surface area contributed by atoms with E-state index in [0.717, 1.165) is 20.7 Å². The summed E-state index contributed by atoms with van der Waals surface area (Å²) in [6.07, 6.45) is 0. The molecule has 0 aliphatic heterocycles. The lowest BCUT2D eigenvalue weighted by Crippen LogP contribution is -2.12. The predicted molar refractivity (Wildman–Crippen MR) is 78.4 cm³/mol. The summed E-state index contributed by atoms with van der Waals surface area (Å²) in [6.45, 7) is 1.82. The van der Waals surface area contributed by atoms with Gasteiger partial charge in [-0.15, -0.1) is 11.3 Å². The number of thiophene rings is 1. The van der Waals surface area contributed by atoms with Gasteiger partial charge in [0.15, 0.2) is 0 Å². The van der Waals surface area contributed by atoms with Crippen LogP contribution in [0, 0.1) is 6.92 Å². The van der Waals surface area contributed by atoms with E-state index in [4.69, 9.17) is 5.73 Å². The number of hydrogen-bond acceptors (Lipinski definition) is 4. The third kappa shape index (κ3) is 2.85. The van der Waals surface area contributed by atoms with E-state index in [1.807, 2.05) is 6.92 Å². The van der Waals surface area contributed by atoms with E-state index in [1.54, 1.807) is 30.3 Å². The number of anilines is 2. The first-order chi connectivity index (χ1) is 8.38. The molecule has 0 bridgehead atoms. The monoisotopic (exact) mass is 346 g/mol. The Morgan fingerprint density at radius 3 is 2.61 bits per heavy atom. The maximum atomic E-state index is 12.1. The molecular weight excluding hydrogens is 336 g/mol. The fraction of sp³-hybridized carbons (Fsp3) is 0.0909. The molecule has 4 nitrogen and oxygen atoms in total. The lowest BCUT2D eigenvalue weighted by atomic mass is 10.2. The second kappa shape index (κ2) is 4.91. The van der Waals surface area contributed by atoms with E-state index in [2.05, 4.69) is 20.7 Å². The minimum atomic E-state index is -3.55. The van der Waals surface area contributed by atoms with Crippen molar-refractivity contribution in [1.82, 2.24) is 0 Å². The Balaban J connectivity index is 2.36. The van der Waals surface area contributed by atoms with Gasteiger partial charge in [0, 0.05) is 5.69 Å². The summed E-state index contributed by atoms with van der Waals surface area (Å²) in [5, 5.41) is 0. The van der Waals surface area contributed by atoms with E-state index in [1.165, 1.54) is 0 Å². The van der Waals surface area contributed by atoms with Gasteiger partial charge in [-0.2, -0.15) is 0 Å². The van der Waals surface area contributed by atoms with Crippen molar-refractivity contribution in [2.45, 2.75) is 11.1 Å². The summed E-state index contributed by atoms with van der Waals surface area (Å²) in [4.78, 5) is 0. The fourth-order valence-electron chi connectivity index (χ4n) is 1.39. The third-order valence-corrected chi connectivity index (χ3v) is 5.80. The van der Waals surface area contributed by atoms with Crippen molar-refractivity contribution in [1.29, 1.82) is 0 Å². The average Bonchev–Trinajstić information content (AvgIpc) is 2.71. The topological polar surface area (TPSA) is 72.2 Å². The lowest BCUT2D eigenvalue weighted by molar-refractivity contribution is 0.603. The largest absolute Gasteiger partial charge is 0.399 e. The van der Waals surface area contributed by atoms with Crippen LogP contribution < -0.4 is 10.5 Å². The first-order valence-electron chi connectivity index (χ1n) is 5.03. The molecule has 18 heavy (non-hydrogen) atoms. The van der Waals surface area contributed by atoms with Crippen LogP contribution in [0.15, 0.2) is 38.3 Å². The lowest BCUT2D eigenvalue weighted by Gasteiger charge is -2.09. The Bertz CT molecular complexity index is 680. The molecule has 96 valence electrons. The van der Waals surface area contributed by atoms with Gasteiger partial charge in [-0.1, -0.05) is 6.07 Å². The van der Waals surface area contributed by atoms with E-state index >= 15 is 0 Å². The molecule has 0 radical (unpaired) electrons. The first-order valence-corrected chi connectivity index (χ1v) is 8.12. The van der Waals surface area contributed by atoms with Crippen LogP contribution in [-0.2, 0) is 10.0 Å². The molecule has 0 aliphatic carbocycles. The predicted octanol–water partition coefficient (Wildman–Crippen LogP) is 3.20. The normalized spacial score (nSPS) is 11.4. The molecule has 0 fully saturated rings. The van der Waals surface area contributed by atoms with Crippen LogP contribution in [0.4, 0.5) is 11.4 Å².